The van der Waals surface area contributed by atoms with Crippen LogP contribution in [-0.2, 0) is 33.5 Å². The summed E-state index contributed by atoms with van der Waals surface area (Å²) in [4.78, 5) is 36.6. The Kier molecular flexibility index (Phi) is 7.11. The molecule has 3 aromatic rings. The van der Waals surface area contributed by atoms with Crippen LogP contribution in [0.15, 0.2) is 30.6 Å². The summed E-state index contributed by atoms with van der Waals surface area (Å²) in [5.74, 6) is -2.43. The number of nitrogen functional groups attached to an aromatic ring is 1. The fourth-order valence-electron chi connectivity index (χ4n) is 4.82. The Balaban J connectivity index is 1.45. The third-order valence-corrected chi connectivity index (χ3v) is 8.82. The summed E-state index contributed by atoms with van der Waals surface area (Å²) in [5, 5.41) is 11.1. The molecule has 2 fully saturated rings. The second kappa shape index (κ2) is 10.2. The molecule has 2 aromatic heterocycles. The van der Waals surface area contributed by atoms with Crippen molar-refractivity contribution >= 4 is 61.2 Å². The molecule has 1 aromatic carbocycles. The van der Waals surface area contributed by atoms with Gasteiger partial charge in [-0.25, -0.2) is 14.8 Å². The number of aliphatic carboxylic acids is 1. The number of thiazole rings is 1. The van der Waals surface area contributed by atoms with E-state index in [2.05, 4.69) is 9.97 Å². The van der Waals surface area contributed by atoms with E-state index in [9.17, 15) is 36.6 Å². The fraction of sp³-hybridized carbons (Fsp3) is 0.391. The summed E-state index contributed by atoms with van der Waals surface area (Å²) in [5.41, 5.74) is 4.32. The van der Waals surface area contributed by atoms with E-state index in [1.807, 2.05) is 4.90 Å². The highest BCUT2D eigenvalue weighted by atomic mass is 32.2. The molecule has 39 heavy (non-hydrogen) atoms. The number of alkyl halides is 3. The molecule has 2 aliphatic rings. The molecule has 11 nitrogen and oxygen atoms in total. The number of fused-ring (bicyclic) bond motifs is 1. The lowest BCUT2D eigenvalue weighted by Crippen LogP contribution is -2.48. The van der Waals surface area contributed by atoms with Crippen LogP contribution < -0.4 is 14.9 Å². The second-order valence-corrected chi connectivity index (χ2v) is 11.0. The predicted molar refractivity (Wildman–Crippen MR) is 137 cm³/mol. The Morgan fingerprint density at radius 2 is 2.05 bits per heavy atom. The Labute approximate surface area is 226 Å². The first-order chi connectivity index (χ1) is 18.5. The first-order valence-corrected chi connectivity index (χ1v) is 13.7. The minimum Gasteiger partial charge on any atom is -0.755 e. The quantitative estimate of drug-likeness (QED) is 0.380. The van der Waals surface area contributed by atoms with E-state index in [1.54, 1.807) is 0 Å². The lowest BCUT2D eigenvalue weighted by Gasteiger charge is -2.32. The van der Waals surface area contributed by atoms with Gasteiger partial charge in [0.1, 0.15) is 22.9 Å². The summed E-state index contributed by atoms with van der Waals surface area (Å²) in [6, 6.07) is 0.549. The van der Waals surface area contributed by atoms with Crippen molar-refractivity contribution < 1.29 is 36.6 Å². The molecule has 0 radical (unpaired) electrons. The van der Waals surface area contributed by atoms with Crippen LogP contribution in [0.4, 0.5) is 29.1 Å². The highest BCUT2D eigenvalue weighted by Crippen LogP contribution is 2.38. The average Bonchev–Trinajstić information content (AvgIpc) is 3.43. The molecule has 208 valence electrons. The normalized spacial score (nSPS) is 19.3. The van der Waals surface area contributed by atoms with Gasteiger partial charge in [0.2, 0.25) is 5.91 Å². The fourth-order valence-corrected chi connectivity index (χ4v) is 6.64. The van der Waals surface area contributed by atoms with Gasteiger partial charge in [0, 0.05) is 48.9 Å². The molecule has 16 heteroatoms. The zero-order valence-electron chi connectivity index (χ0n) is 20.1. The number of pyridine rings is 1. The lowest BCUT2D eigenvalue weighted by molar-refractivity contribution is -0.149. The molecule has 2 saturated heterocycles. The first-order valence-electron chi connectivity index (χ1n) is 11.8. The number of likely N-dealkylation sites (tertiary alicyclic amines) is 1. The minimum atomic E-state index is -4.83. The van der Waals surface area contributed by atoms with E-state index in [-0.39, 0.29) is 34.7 Å². The van der Waals surface area contributed by atoms with Gasteiger partial charge in [0.25, 0.3) is 0 Å². The van der Waals surface area contributed by atoms with Gasteiger partial charge in [-0.15, -0.1) is 0 Å². The van der Waals surface area contributed by atoms with Gasteiger partial charge in [-0.05, 0) is 35.9 Å². The smallest absolute Gasteiger partial charge is 0.416 e. The second-order valence-electron chi connectivity index (χ2n) is 9.18. The number of benzene rings is 1. The van der Waals surface area contributed by atoms with Crippen molar-refractivity contribution in [2.45, 2.75) is 37.5 Å². The summed E-state index contributed by atoms with van der Waals surface area (Å²) < 4.78 is 67.1. The van der Waals surface area contributed by atoms with Crippen molar-refractivity contribution in [3.63, 3.8) is 0 Å². The third kappa shape index (κ3) is 5.10. The summed E-state index contributed by atoms with van der Waals surface area (Å²) in [6.45, 7) is 1.40. The molecule has 0 saturated carbocycles. The van der Waals surface area contributed by atoms with Crippen molar-refractivity contribution in [2.75, 3.05) is 34.6 Å². The molecule has 0 aliphatic carbocycles. The largest absolute Gasteiger partial charge is 0.755 e. The Morgan fingerprint density at radius 1 is 1.31 bits per heavy atom. The van der Waals surface area contributed by atoms with Crippen LogP contribution >= 0.6 is 11.3 Å². The molecule has 3 N–H and O–H groups in total. The number of carbonyl (C=O) groups excluding carboxylic acids is 1. The van der Waals surface area contributed by atoms with E-state index in [4.69, 9.17) is 5.73 Å². The maximum atomic E-state index is 14.0. The molecule has 1 unspecified atom stereocenters. The number of halogens is 3. The van der Waals surface area contributed by atoms with Gasteiger partial charge in [0.05, 0.1) is 11.8 Å². The van der Waals surface area contributed by atoms with Crippen LogP contribution in [0.2, 0.25) is 0 Å². The van der Waals surface area contributed by atoms with Gasteiger partial charge in [-0.2, -0.15) is 13.2 Å². The standard InChI is InChI=1S/C23H23F3N6O5S2/c24-23(25,26)15-10-14-12(2-4-28-19(14)27)8-13(15)9-17(21(34)35)31-7-3-16(20(31)33)32(39(36)37)18-11-29-22(38-18)30-5-1-6-30/h2,4,8,10-11,16-17H,1,3,5-7,9H2,(H2,27,28)(H,34,35)(H,36,37)/p-1/t16-,17+/m0/s1. The molecule has 1 amide bonds. The number of carbonyl (C=O) groups is 2. The van der Waals surface area contributed by atoms with Gasteiger partial charge in [-0.3, -0.25) is 13.3 Å². The summed E-state index contributed by atoms with van der Waals surface area (Å²) >= 11 is -1.80. The Hall–Kier alpha value is -3.50. The number of carboxylic acids is 1. The van der Waals surface area contributed by atoms with Crippen molar-refractivity contribution in [3.8, 4) is 0 Å². The van der Waals surface area contributed by atoms with Crippen LogP contribution in [-0.4, -0.2) is 72.3 Å². The monoisotopic (exact) mass is 583 g/mol. The Morgan fingerprint density at radius 3 is 2.67 bits per heavy atom. The van der Waals surface area contributed by atoms with Crippen LogP contribution in [0.3, 0.4) is 0 Å². The lowest BCUT2D eigenvalue weighted by atomic mass is 9.95. The predicted octanol–water partition coefficient (Wildman–Crippen LogP) is 2.40. The van der Waals surface area contributed by atoms with Gasteiger partial charge in [0.15, 0.2) is 5.13 Å². The SMILES string of the molecule is Nc1nccc2cc(C[C@H](C(=O)O)N3CC[C@H](N(c4cnc(N5CCC5)s4)S(=O)[O-])C3=O)c(C(F)(F)F)cc12. The number of anilines is 3. The maximum Gasteiger partial charge on any atom is 0.416 e. The number of carboxylic acid groups (broad SMARTS) is 1. The molecule has 3 atom stereocenters. The molecule has 5 rings (SSSR count). The highest BCUT2D eigenvalue weighted by molar-refractivity contribution is 7.81. The maximum absolute atomic E-state index is 14.0. The highest BCUT2D eigenvalue weighted by Gasteiger charge is 2.44. The van der Waals surface area contributed by atoms with Crippen LogP contribution in [0.25, 0.3) is 10.8 Å². The van der Waals surface area contributed by atoms with E-state index in [0.29, 0.717) is 10.5 Å². The minimum absolute atomic E-state index is 0.0421. The molecular weight excluding hydrogens is 561 g/mol. The van der Waals surface area contributed by atoms with E-state index < -0.39 is 53.4 Å². The van der Waals surface area contributed by atoms with Crippen molar-refractivity contribution in [1.29, 1.82) is 0 Å². The molecule has 4 heterocycles. The number of amides is 1. The van der Waals surface area contributed by atoms with E-state index in [1.165, 1.54) is 24.5 Å². The van der Waals surface area contributed by atoms with Crippen molar-refractivity contribution in [3.05, 3.63) is 41.7 Å². The number of hydrogen-bond acceptors (Lipinski definition) is 9. The number of hydrogen-bond donors (Lipinski definition) is 2. The van der Waals surface area contributed by atoms with Crippen LogP contribution in [0.5, 0.6) is 0 Å². The first kappa shape index (κ1) is 27.1. The summed E-state index contributed by atoms with van der Waals surface area (Å²) in [7, 11) is 0. The van der Waals surface area contributed by atoms with Crippen LogP contribution in [0, 0.1) is 0 Å². The van der Waals surface area contributed by atoms with Crippen molar-refractivity contribution in [1.82, 2.24) is 14.9 Å². The van der Waals surface area contributed by atoms with Gasteiger partial charge in [-0.1, -0.05) is 17.4 Å². The van der Waals surface area contributed by atoms with E-state index >= 15 is 0 Å². The molecular formula is C23H22F3N6O5S2-. The number of aromatic nitrogens is 2. The third-order valence-electron chi connectivity index (χ3n) is 6.88. The molecule has 2 aliphatic heterocycles. The van der Waals surface area contributed by atoms with Crippen LogP contribution in [0.1, 0.15) is 24.0 Å². The molecule has 0 bridgehead atoms. The molecule has 0 spiro atoms. The zero-order chi connectivity index (χ0) is 28.1. The number of rotatable bonds is 8. The van der Waals surface area contributed by atoms with E-state index in [0.717, 1.165) is 46.1 Å². The zero-order valence-corrected chi connectivity index (χ0v) is 21.8. The van der Waals surface area contributed by atoms with Gasteiger partial charge < -0.3 is 25.2 Å². The summed E-state index contributed by atoms with van der Waals surface area (Å²) in [6.07, 6.45) is -1.88. The Bertz CT molecular complexity index is 1460. The van der Waals surface area contributed by atoms with Crippen molar-refractivity contribution in [2.24, 2.45) is 0 Å². The number of nitrogens with zero attached hydrogens (tertiary/aromatic N) is 5. The average molecular weight is 584 g/mol. The topological polar surface area (TPSA) is 156 Å². The van der Waals surface area contributed by atoms with Gasteiger partial charge >= 0.3 is 12.1 Å². The number of nitrogens with two attached hydrogens (primary N) is 1.